The summed E-state index contributed by atoms with van der Waals surface area (Å²) in [6, 6.07) is 17.5. The molecule has 3 N–H and O–H groups in total. The van der Waals surface area contributed by atoms with Gasteiger partial charge in [0.15, 0.2) is 0 Å². The predicted octanol–water partition coefficient (Wildman–Crippen LogP) is 4.46. The van der Waals surface area contributed by atoms with Crippen molar-refractivity contribution in [3.8, 4) is 11.5 Å². The molecule has 0 fully saturated rings. The molecule has 0 aliphatic carbocycles. The van der Waals surface area contributed by atoms with Crippen LogP contribution in [0.5, 0.6) is 11.5 Å². The summed E-state index contributed by atoms with van der Waals surface area (Å²) < 4.78 is 10.7. The molecule has 27 heavy (non-hydrogen) atoms. The zero-order chi connectivity index (χ0) is 18.6. The van der Waals surface area contributed by atoms with E-state index in [0.29, 0.717) is 17.3 Å². The van der Waals surface area contributed by atoms with E-state index in [1.165, 1.54) is 0 Å². The summed E-state index contributed by atoms with van der Waals surface area (Å²) in [7, 11) is 3.25. The number of ether oxygens (including phenoxy) is 2. The van der Waals surface area contributed by atoms with Gasteiger partial charge in [-0.1, -0.05) is 24.3 Å². The van der Waals surface area contributed by atoms with E-state index in [0.717, 1.165) is 28.1 Å². The van der Waals surface area contributed by atoms with E-state index < -0.39 is 0 Å². The van der Waals surface area contributed by atoms with Crippen LogP contribution in [0.3, 0.4) is 0 Å². The normalized spacial score (nSPS) is 10.6. The van der Waals surface area contributed by atoms with Gasteiger partial charge in [0.05, 0.1) is 20.4 Å². The Morgan fingerprint density at radius 2 is 1.67 bits per heavy atom. The fraction of sp³-hybridized carbons (Fsp3) is 0.100. The van der Waals surface area contributed by atoms with Crippen LogP contribution in [0.1, 0.15) is 0 Å². The largest absolute Gasteiger partial charge is 0.497 e. The van der Waals surface area contributed by atoms with E-state index >= 15 is 0 Å². The summed E-state index contributed by atoms with van der Waals surface area (Å²) >= 11 is 0. The first-order chi connectivity index (χ1) is 13.2. The smallest absolute Gasteiger partial charge is 0.140 e. The van der Waals surface area contributed by atoms with E-state index in [2.05, 4.69) is 20.8 Å². The summed E-state index contributed by atoms with van der Waals surface area (Å²) in [6.07, 6.45) is 1.69. The van der Waals surface area contributed by atoms with Crippen molar-refractivity contribution in [3.63, 3.8) is 0 Å². The van der Waals surface area contributed by atoms with Gasteiger partial charge < -0.3 is 20.1 Å². The van der Waals surface area contributed by atoms with Gasteiger partial charge in [0.2, 0.25) is 0 Å². The molecule has 4 rings (SSSR count). The Morgan fingerprint density at radius 3 is 2.37 bits per heavy atom. The Morgan fingerprint density at radius 1 is 0.889 bits per heavy atom. The number of aromatic amines is 1. The average molecular weight is 361 g/mol. The molecule has 0 bridgehead atoms. The molecule has 0 aliphatic rings. The van der Waals surface area contributed by atoms with Gasteiger partial charge >= 0.3 is 0 Å². The molecule has 0 saturated carbocycles. The minimum Gasteiger partial charge on any atom is -0.497 e. The van der Waals surface area contributed by atoms with Gasteiger partial charge in [-0.2, -0.15) is 5.10 Å². The maximum atomic E-state index is 5.35. The van der Waals surface area contributed by atoms with Gasteiger partial charge in [0.1, 0.15) is 29.0 Å². The fourth-order valence-corrected chi connectivity index (χ4v) is 2.84. The molecule has 4 aromatic rings. The number of aromatic nitrogens is 3. The second-order valence-electron chi connectivity index (χ2n) is 5.90. The Labute approximate surface area is 156 Å². The molecule has 0 spiro atoms. The molecule has 0 amide bonds. The van der Waals surface area contributed by atoms with Gasteiger partial charge in [0.25, 0.3) is 0 Å². The molecule has 0 radical (unpaired) electrons. The van der Waals surface area contributed by atoms with Crippen LogP contribution in [0.15, 0.2) is 60.8 Å². The van der Waals surface area contributed by atoms with Crippen molar-refractivity contribution in [2.24, 2.45) is 0 Å². The number of rotatable bonds is 6. The minimum atomic E-state index is 0.702. The van der Waals surface area contributed by atoms with E-state index in [1.807, 2.05) is 54.6 Å². The molecule has 2 aromatic carbocycles. The van der Waals surface area contributed by atoms with Gasteiger partial charge in [-0.3, -0.25) is 5.10 Å². The monoisotopic (exact) mass is 361 g/mol. The number of hydrogen-bond donors (Lipinski definition) is 3. The fourth-order valence-electron chi connectivity index (χ4n) is 2.84. The molecular weight excluding hydrogens is 342 g/mol. The molecule has 2 heterocycles. The van der Waals surface area contributed by atoms with Crippen molar-refractivity contribution in [2.45, 2.75) is 0 Å². The van der Waals surface area contributed by atoms with Gasteiger partial charge in [-0.25, -0.2) is 4.98 Å². The first-order valence-electron chi connectivity index (χ1n) is 8.41. The number of fused-ring (bicyclic) bond motifs is 1. The lowest BCUT2D eigenvalue weighted by atomic mass is 10.1. The number of nitrogens with one attached hydrogen (secondary N) is 3. The standard InChI is InChI=1S/C20H19N5O2/c1-26-15-10-14(11-16(12-15)27-2)22-20-17-6-4-3-5-13(17)9-19(24-20)23-18-7-8-21-25-18/h3-12H,1-2H3,(H3,21,22,23,24,25). The summed E-state index contributed by atoms with van der Waals surface area (Å²) in [6.45, 7) is 0. The van der Waals surface area contributed by atoms with Crippen molar-refractivity contribution in [1.29, 1.82) is 0 Å². The van der Waals surface area contributed by atoms with Crippen LogP contribution in [-0.2, 0) is 0 Å². The minimum absolute atomic E-state index is 0.702. The highest BCUT2D eigenvalue weighted by Crippen LogP contribution is 2.31. The Balaban J connectivity index is 1.76. The van der Waals surface area contributed by atoms with Crippen LogP contribution in [0.2, 0.25) is 0 Å². The molecular formula is C20H19N5O2. The molecule has 0 saturated heterocycles. The highest BCUT2D eigenvalue weighted by atomic mass is 16.5. The third-order valence-electron chi connectivity index (χ3n) is 4.12. The number of H-pyrrole nitrogens is 1. The van der Waals surface area contributed by atoms with Crippen molar-refractivity contribution < 1.29 is 9.47 Å². The lowest BCUT2D eigenvalue weighted by Crippen LogP contribution is -2.00. The number of pyridine rings is 1. The second-order valence-corrected chi connectivity index (χ2v) is 5.90. The number of methoxy groups -OCH3 is 2. The second kappa shape index (κ2) is 7.25. The van der Waals surface area contributed by atoms with Crippen molar-refractivity contribution in [1.82, 2.24) is 15.2 Å². The van der Waals surface area contributed by atoms with E-state index in [9.17, 15) is 0 Å². The van der Waals surface area contributed by atoms with Crippen molar-refractivity contribution >= 4 is 33.9 Å². The van der Waals surface area contributed by atoms with Crippen LogP contribution in [0, 0.1) is 0 Å². The SMILES string of the molecule is COc1cc(Nc2nc(Nc3ccn[nH]3)cc3ccccc23)cc(OC)c1. The third kappa shape index (κ3) is 3.62. The molecule has 136 valence electrons. The molecule has 7 nitrogen and oxygen atoms in total. The lowest BCUT2D eigenvalue weighted by Gasteiger charge is -2.14. The zero-order valence-electron chi connectivity index (χ0n) is 15.0. The Bertz CT molecular complexity index is 1040. The topological polar surface area (TPSA) is 84.1 Å². The Kier molecular flexibility index (Phi) is 4.49. The predicted molar refractivity (Wildman–Crippen MR) is 106 cm³/mol. The maximum absolute atomic E-state index is 5.35. The first kappa shape index (κ1) is 16.7. The van der Waals surface area contributed by atoms with E-state index in [4.69, 9.17) is 14.5 Å². The molecule has 2 aromatic heterocycles. The molecule has 0 unspecified atom stereocenters. The summed E-state index contributed by atoms with van der Waals surface area (Å²) in [5.74, 6) is 3.60. The third-order valence-corrected chi connectivity index (χ3v) is 4.12. The quantitative estimate of drug-likeness (QED) is 0.470. The van der Waals surface area contributed by atoms with Crippen LogP contribution >= 0.6 is 0 Å². The van der Waals surface area contributed by atoms with Crippen LogP contribution < -0.4 is 20.1 Å². The zero-order valence-corrected chi connectivity index (χ0v) is 15.0. The molecule has 7 heteroatoms. The lowest BCUT2D eigenvalue weighted by molar-refractivity contribution is 0.395. The number of nitrogens with zero attached hydrogens (tertiary/aromatic N) is 2. The van der Waals surface area contributed by atoms with Crippen LogP contribution in [-0.4, -0.2) is 29.4 Å². The van der Waals surface area contributed by atoms with Gasteiger partial charge in [-0.15, -0.1) is 0 Å². The highest BCUT2D eigenvalue weighted by Gasteiger charge is 2.09. The first-order valence-corrected chi connectivity index (χ1v) is 8.41. The Hall–Kier alpha value is -3.74. The summed E-state index contributed by atoms with van der Waals surface area (Å²) in [5, 5.41) is 15.5. The molecule has 0 atom stereocenters. The van der Waals surface area contributed by atoms with Crippen LogP contribution in [0.4, 0.5) is 23.1 Å². The average Bonchev–Trinajstić information content (AvgIpc) is 3.20. The highest BCUT2D eigenvalue weighted by molar-refractivity contribution is 5.95. The maximum Gasteiger partial charge on any atom is 0.140 e. The van der Waals surface area contributed by atoms with Crippen LogP contribution in [0.25, 0.3) is 10.8 Å². The van der Waals surface area contributed by atoms with E-state index in [1.54, 1.807) is 20.4 Å². The molecule has 0 aliphatic heterocycles. The number of anilines is 4. The van der Waals surface area contributed by atoms with Gasteiger partial charge in [-0.05, 0) is 11.5 Å². The van der Waals surface area contributed by atoms with Gasteiger partial charge in [0, 0.05) is 35.3 Å². The van der Waals surface area contributed by atoms with Crippen molar-refractivity contribution in [3.05, 3.63) is 60.8 Å². The number of benzene rings is 2. The van der Waals surface area contributed by atoms with Crippen molar-refractivity contribution in [2.75, 3.05) is 24.9 Å². The number of hydrogen-bond acceptors (Lipinski definition) is 6. The summed E-state index contributed by atoms with van der Waals surface area (Å²) in [5.41, 5.74) is 0.822. The van der Waals surface area contributed by atoms with E-state index in [-0.39, 0.29) is 0 Å². The summed E-state index contributed by atoms with van der Waals surface area (Å²) in [4.78, 5) is 4.73.